The van der Waals surface area contributed by atoms with Crippen molar-refractivity contribution in [1.82, 2.24) is 15.5 Å². The number of nitrogens with one attached hydrogen (secondary N) is 1. The summed E-state index contributed by atoms with van der Waals surface area (Å²) in [5.74, 6) is -4.24. The van der Waals surface area contributed by atoms with E-state index in [1.54, 1.807) is 41.5 Å². The number of ether oxygens (including phenoxy) is 1. The Labute approximate surface area is 139 Å². The molecule has 0 aliphatic carbocycles. The van der Waals surface area contributed by atoms with Crippen molar-refractivity contribution < 1.29 is 28.6 Å². The van der Waals surface area contributed by atoms with Crippen LogP contribution in [0.25, 0.3) is 0 Å². The number of carboxylic acid groups (broad SMARTS) is 1. The van der Waals surface area contributed by atoms with Crippen LogP contribution >= 0.6 is 0 Å². The fraction of sp³-hybridized carbons (Fsp3) is 0.667. The van der Waals surface area contributed by atoms with Gasteiger partial charge in [-0.2, -0.15) is 0 Å². The first kappa shape index (κ1) is 19.6. The van der Waals surface area contributed by atoms with Crippen LogP contribution in [-0.2, 0) is 20.9 Å². The summed E-state index contributed by atoms with van der Waals surface area (Å²) in [5.41, 5.74) is -1.39. The Morgan fingerprint density at radius 1 is 1.17 bits per heavy atom. The average Bonchev–Trinajstić information content (AvgIpc) is 2.81. The van der Waals surface area contributed by atoms with E-state index in [0.29, 0.717) is 0 Å². The van der Waals surface area contributed by atoms with Gasteiger partial charge in [0.1, 0.15) is 11.5 Å². The molecule has 24 heavy (non-hydrogen) atoms. The van der Waals surface area contributed by atoms with Crippen LogP contribution in [-0.4, -0.2) is 38.8 Å². The number of nitrogens with zero attached hydrogens (tertiary/aromatic N) is 2. The van der Waals surface area contributed by atoms with Crippen LogP contribution in [0.3, 0.4) is 0 Å². The van der Waals surface area contributed by atoms with Crippen LogP contribution in [0.5, 0.6) is 0 Å². The van der Waals surface area contributed by atoms with Gasteiger partial charge < -0.3 is 19.6 Å². The Morgan fingerprint density at radius 3 is 2.17 bits per heavy atom. The van der Waals surface area contributed by atoms with E-state index in [4.69, 9.17) is 14.3 Å². The first-order chi connectivity index (χ1) is 10.8. The van der Waals surface area contributed by atoms with Crippen LogP contribution in [0.1, 0.15) is 58.1 Å². The standard InChI is InChI=1S/C15H23N3O6/c1-14(2,3)9(13(22)24-15(4,5)6)10(19)16-7-8-17-18-11(23-8)12(20)21/h9H,7H2,1-6H3,(H,16,19)(H,20,21). The lowest BCUT2D eigenvalue weighted by Gasteiger charge is -2.30. The number of aromatic carboxylic acids is 1. The van der Waals surface area contributed by atoms with E-state index in [2.05, 4.69) is 15.5 Å². The predicted octanol–water partition coefficient (Wildman–Crippen LogP) is 1.39. The lowest BCUT2D eigenvalue weighted by molar-refractivity contribution is -0.166. The summed E-state index contributed by atoms with van der Waals surface area (Å²) in [5, 5.41) is 18.0. The Hall–Kier alpha value is -2.45. The highest BCUT2D eigenvalue weighted by Gasteiger charge is 2.40. The maximum atomic E-state index is 12.4. The molecular weight excluding hydrogens is 318 g/mol. The zero-order valence-electron chi connectivity index (χ0n) is 14.7. The average molecular weight is 341 g/mol. The summed E-state index contributed by atoms with van der Waals surface area (Å²) in [6.45, 7) is 10.2. The molecule has 0 aliphatic heterocycles. The van der Waals surface area contributed by atoms with Gasteiger partial charge in [-0.25, -0.2) is 4.79 Å². The minimum atomic E-state index is -1.36. The van der Waals surface area contributed by atoms with Gasteiger partial charge in [0.05, 0.1) is 6.54 Å². The summed E-state index contributed by atoms with van der Waals surface area (Å²) in [7, 11) is 0. The molecule has 9 nitrogen and oxygen atoms in total. The fourth-order valence-corrected chi connectivity index (χ4v) is 1.89. The lowest BCUT2D eigenvalue weighted by atomic mass is 9.80. The van der Waals surface area contributed by atoms with Gasteiger partial charge >= 0.3 is 17.8 Å². The Kier molecular flexibility index (Phi) is 5.70. The maximum Gasteiger partial charge on any atom is 0.393 e. The number of carbonyl (C=O) groups excluding carboxylic acids is 2. The number of rotatable bonds is 5. The van der Waals surface area contributed by atoms with Crippen molar-refractivity contribution in [2.75, 3.05) is 0 Å². The highest BCUT2D eigenvalue weighted by molar-refractivity contribution is 5.98. The number of carbonyl (C=O) groups is 3. The number of amides is 1. The van der Waals surface area contributed by atoms with Crippen molar-refractivity contribution >= 4 is 17.8 Å². The van der Waals surface area contributed by atoms with E-state index < -0.39 is 40.7 Å². The van der Waals surface area contributed by atoms with Gasteiger partial charge in [0.25, 0.3) is 0 Å². The molecule has 0 saturated carbocycles. The van der Waals surface area contributed by atoms with E-state index in [9.17, 15) is 14.4 Å². The Bertz CT molecular complexity index is 624. The molecule has 0 radical (unpaired) electrons. The van der Waals surface area contributed by atoms with Gasteiger partial charge in [-0.15, -0.1) is 10.2 Å². The number of carboxylic acids is 1. The summed E-state index contributed by atoms with van der Waals surface area (Å²) in [4.78, 5) is 35.4. The quantitative estimate of drug-likeness (QED) is 0.606. The molecule has 1 heterocycles. The van der Waals surface area contributed by atoms with E-state index in [0.717, 1.165) is 0 Å². The zero-order chi connectivity index (χ0) is 18.7. The van der Waals surface area contributed by atoms with Gasteiger partial charge in [-0.1, -0.05) is 20.8 Å². The second-order valence-electron chi connectivity index (χ2n) is 7.36. The summed E-state index contributed by atoms with van der Waals surface area (Å²) < 4.78 is 10.2. The summed E-state index contributed by atoms with van der Waals surface area (Å²) in [6.07, 6.45) is 0. The molecule has 1 rings (SSSR count). The molecular formula is C15H23N3O6. The number of aromatic nitrogens is 2. The summed E-state index contributed by atoms with van der Waals surface area (Å²) >= 11 is 0. The highest BCUT2D eigenvalue weighted by Crippen LogP contribution is 2.29. The van der Waals surface area contributed by atoms with E-state index in [1.165, 1.54) is 0 Å². The molecule has 1 atom stereocenters. The predicted molar refractivity (Wildman–Crippen MR) is 81.9 cm³/mol. The van der Waals surface area contributed by atoms with Crippen molar-refractivity contribution in [3.8, 4) is 0 Å². The highest BCUT2D eigenvalue weighted by atomic mass is 16.6. The molecule has 134 valence electrons. The Balaban J connectivity index is 2.81. The molecule has 1 aromatic rings. The van der Waals surface area contributed by atoms with E-state index in [-0.39, 0.29) is 12.4 Å². The molecule has 1 aromatic heterocycles. The largest absolute Gasteiger partial charge is 0.474 e. The lowest BCUT2D eigenvalue weighted by Crippen LogP contribution is -2.45. The summed E-state index contributed by atoms with van der Waals surface area (Å²) in [6, 6.07) is 0. The molecule has 1 amide bonds. The molecule has 0 aromatic carbocycles. The molecule has 0 bridgehead atoms. The SMILES string of the molecule is CC(C)(C)OC(=O)C(C(=O)NCc1nnc(C(=O)O)o1)C(C)(C)C. The van der Waals surface area contributed by atoms with Crippen molar-refractivity contribution in [2.24, 2.45) is 11.3 Å². The van der Waals surface area contributed by atoms with Crippen LogP contribution < -0.4 is 5.32 Å². The minimum Gasteiger partial charge on any atom is -0.474 e. The smallest absolute Gasteiger partial charge is 0.393 e. The second kappa shape index (κ2) is 6.98. The first-order valence-corrected chi connectivity index (χ1v) is 7.37. The van der Waals surface area contributed by atoms with Gasteiger partial charge in [-0.05, 0) is 26.2 Å². The molecule has 0 fully saturated rings. The first-order valence-electron chi connectivity index (χ1n) is 7.37. The number of esters is 1. The van der Waals surface area contributed by atoms with Crippen LogP contribution in [0.4, 0.5) is 0 Å². The maximum absolute atomic E-state index is 12.4. The molecule has 0 aliphatic rings. The van der Waals surface area contributed by atoms with Crippen LogP contribution in [0.15, 0.2) is 4.42 Å². The third kappa shape index (κ3) is 5.64. The zero-order valence-corrected chi connectivity index (χ0v) is 14.7. The van der Waals surface area contributed by atoms with Gasteiger partial charge in [0.15, 0.2) is 0 Å². The van der Waals surface area contributed by atoms with Crippen LogP contribution in [0, 0.1) is 11.3 Å². The molecule has 2 N–H and O–H groups in total. The van der Waals surface area contributed by atoms with Crippen molar-refractivity contribution in [3.05, 3.63) is 11.8 Å². The van der Waals surface area contributed by atoms with Crippen molar-refractivity contribution in [2.45, 2.75) is 53.7 Å². The molecule has 0 saturated heterocycles. The van der Waals surface area contributed by atoms with Crippen LogP contribution in [0.2, 0.25) is 0 Å². The topological polar surface area (TPSA) is 132 Å². The molecule has 0 spiro atoms. The van der Waals surface area contributed by atoms with Gasteiger partial charge in [0, 0.05) is 0 Å². The number of hydrogen-bond acceptors (Lipinski definition) is 7. The van der Waals surface area contributed by atoms with Crippen molar-refractivity contribution in [3.63, 3.8) is 0 Å². The molecule has 1 unspecified atom stereocenters. The molecule has 9 heteroatoms. The monoisotopic (exact) mass is 341 g/mol. The van der Waals surface area contributed by atoms with E-state index >= 15 is 0 Å². The third-order valence-corrected chi connectivity index (χ3v) is 2.83. The van der Waals surface area contributed by atoms with E-state index in [1.807, 2.05) is 0 Å². The normalized spacial score (nSPS) is 13.2. The van der Waals surface area contributed by atoms with Gasteiger partial charge in [-0.3, -0.25) is 9.59 Å². The second-order valence-corrected chi connectivity index (χ2v) is 7.36. The Morgan fingerprint density at radius 2 is 1.75 bits per heavy atom. The number of hydrogen-bond donors (Lipinski definition) is 2. The fourth-order valence-electron chi connectivity index (χ4n) is 1.89. The minimum absolute atomic E-state index is 0.0717. The third-order valence-electron chi connectivity index (χ3n) is 2.83. The van der Waals surface area contributed by atoms with Gasteiger partial charge in [0.2, 0.25) is 11.8 Å². The van der Waals surface area contributed by atoms with Crippen molar-refractivity contribution in [1.29, 1.82) is 0 Å².